The molecule has 0 amide bonds. The van der Waals surface area contributed by atoms with Gasteiger partial charge in [0.15, 0.2) is 0 Å². The van der Waals surface area contributed by atoms with Crippen molar-refractivity contribution in [3.8, 4) is 17.2 Å². The Balaban J connectivity index is 2.06. The number of hydrogen-bond acceptors (Lipinski definition) is 3. The predicted octanol–water partition coefficient (Wildman–Crippen LogP) is 5.02. The van der Waals surface area contributed by atoms with Gasteiger partial charge in [-0.25, -0.2) is 0 Å². The summed E-state index contributed by atoms with van der Waals surface area (Å²) in [5.74, 6) is 0.987. The summed E-state index contributed by atoms with van der Waals surface area (Å²) in [6.07, 6.45) is -4.38. The largest absolute Gasteiger partial charge is 0.457 e. The molecule has 2 aromatic carbocycles. The van der Waals surface area contributed by atoms with E-state index in [1.54, 1.807) is 0 Å². The summed E-state index contributed by atoms with van der Waals surface area (Å²) in [7, 11) is 0. The summed E-state index contributed by atoms with van der Waals surface area (Å²) in [6.45, 7) is 0. The van der Waals surface area contributed by atoms with Crippen molar-refractivity contribution in [2.75, 3.05) is 0 Å². The van der Waals surface area contributed by atoms with E-state index >= 15 is 0 Å². The minimum absolute atomic E-state index is 0.267. The highest BCUT2D eigenvalue weighted by Crippen LogP contribution is 2.47. The molecule has 0 fully saturated rings. The number of benzene rings is 2. The summed E-state index contributed by atoms with van der Waals surface area (Å²) in [6, 6.07) is 10.4. The maximum atomic E-state index is 12.4. The number of rotatable bonds is 4. The van der Waals surface area contributed by atoms with Crippen molar-refractivity contribution in [2.45, 2.75) is 6.18 Å². The molecule has 118 valence electrons. The lowest BCUT2D eigenvalue weighted by Gasteiger charge is -2.12. The van der Waals surface area contributed by atoms with Gasteiger partial charge in [-0.15, -0.1) is 0 Å². The van der Waals surface area contributed by atoms with E-state index < -0.39 is 17.4 Å². The van der Waals surface area contributed by atoms with Crippen LogP contribution in [0.25, 0.3) is 0 Å². The van der Waals surface area contributed by atoms with Gasteiger partial charge in [-0.05, 0) is 60.3 Å². The second-order valence-electron chi connectivity index (χ2n) is 4.18. The van der Waals surface area contributed by atoms with Crippen LogP contribution < -0.4 is 9.26 Å². The van der Waals surface area contributed by atoms with Crippen LogP contribution >= 0.6 is 17.9 Å². The van der Waals surface area contributed by atoms with E-state index in [-0.39, 0.29) is 5.75 Å². The Morgan fingerprint density at radius 3 is 1.73 bits per heavy atom. The molecule has 9 heteroatoms. The molecule has 0 aliphatic rings. The predicted molar refractivity (Wildman–Crippen MR) is 84.1 cm³/mol. The van der Waals surface area contributed by atoms with Crippen molar-refractivity contribution in [2.24, 2.45) is 0 Å². The Bertz CT molecular complexity index is 681. The Kier molecular flexibility index (Phi) is 5.07. The Labute approximate surface area is 135 Å². The van der Waals surface area contributed by atoms with Crippen LogP contribution in [-0.4, -0.2) is 4.89 Å². The standard InChI is InChI=1S/C13H10F3O3PS2/c14-13(15,16)9-1-3-10(4-2-9)18-11-5-7-12(8-6-11)19-20(17,21)22/h1-8H,(H2,17,21,22). The van der Waals surface area contributed by atoms with Crippen LogP contribution in [0.1, 0.15) is 5.56 Å². The fourth-order valence-corrected chi connectivity index (χ4v) is 2.49. The number of ether oxygens (including phenoxy) is 1. The number of thiol groups is 1. The average molecular weight is 366 g/mol. The first kappa shape index (κ1) is 17.1. The Morgan fingerprint density at radius 2 is 1.32 bits per heavy atom. The molecule has 3 nitrogen and oxygen atoms in total. The van der Waals surface area contributed by atoms with Gasteiger partial charge in [-0.3, -0.25) is 0 Å². The van der Waals surface area contributed by atoms with Crippen LogP contribution in [0.5, 0.6) is 17.2 Å². The van der Waals surface area contributed by atoms with Crippen LogP contribution in [0.15, 0.2) is 48.5 Å². The molecular formula is C13H10F3O3PS2. The molecule has 0 bridgehead atoms. The third kappa shape index (κ3) is 5.21. The zero-order chi connectivity index (χ0) is 16.4. The highest BCUT2D eigenvalue weighted by Gasteiger charge is 2.30. The maximum absolute atomic E-state index is 12.4. The molecule has 0 spiro atoms. The number of halogens is 3. The minimum Gasteiger partial charge on any atom is -0.457 e. The van der Waals surface area contributed by atoms with Crippen molar-refractivity contribution >= 4 is 29.7 Å². The summed E-state index contributed by atoms with van der Waals surface area (Å²) >= 11 is 8.37. The Hall–Kier alpha value is -1.21. The van der Waals surface area contributed by atoms with Crippen molar-refractivity contribution < 1.29 is 27.3 Å². The molecule has 0 saturated heterocycles. The molecular weight excluding hydrogens is 356 g/mol. The number of hydrogen-bond donors (Lipinski definition) is 2. The highest BCUT2D eigenvalue weighted by molar-refractivity contribution is 8.59. The van der Waals surface area contributed by atoms with Crippen LogP contribution in [0, 0.1) is 0 Å². The van der Waals surface area contributed by atoms with Gasteiger partial charge in [0, 0.05) is 0 Å². The lowest BCUT2D eigenvalue weighted by Crippen LogP contribution is -2.03. The molecule has 0 radical (unpaired) electrons. The molecule has 2 aromatic rings. The van der Waals surface area contributed by atoms with E-state index in [9.17, 15) is 18.1 Å². The van der Waals surface area contributed by atoms with Crippen molar-refractivity contribution in [1.29, 1.82) is 0 Å². The van der Waals surface area contributed by atoms with Gasteiger partial charge in [0.05, 0.1) is 5.56 Å². The first-order chi connectivity index (χ1) is 10.1. The summed E-state index contributed by atoms with van der Waals surface area (Å²) in [4.78, 5) is 9.31. The molecule has 22 heavy (non-hydrogen) atoms. The van der Waals surface area contributed by atoms with Crippen LogP contribution in [0.3, 0.4) is 0 Å². The van der Waals surface area contributed by atoms with Gasteiger partial charge < -0.3 is 14.2 Å². The first-order valence-corrected chi connectivity index (χ1v) is 9.66. The van der Waals surface area contributed by atoms with Gasteiger partial charge >= 0.3 is 6.18 Å². The SMILES string of the molecule is OP(=S)(S)Oc1ccc(Oc2ccc(C(F)(F)F)cc2)cc1. The lowest BCUT2D eigenvalue weighted by atomic mass is 10.2. The van der Waals surface area contributed by atoms with Crippen LogP contribution in [0.4, 0.5) is 13.2 Å². The molecule has 0 saturated carbocycles. The van der Waals surface area contributed by atoms with E-state index in [0.717, 1.165) is 12.1 Å². The molecule has 0 aliphatic heterocycles. The quantitative estimate of drug-likeness (QED) is 0.589. The molecule has 0 aliphatic carbocycles. The topological polar surface area (TPSA) is 38.7 Å². The summed E-state index contributed by atoms with van der Waals surface area (Å²) < 4.78 is 47.8. The monoisotopic (exact) mass is 366 g/mol. The van der Waals surface area contributed by atoms with Gasteiger partial charge in [-0.1, -0.05) is 12.2 Å². The normalized spacial score (nSPS) is 14.2. The van der Waals surface area contributed by atoms with Gasteiger partial charge in [0.25, 0.3) is 5.69 Å². The van der Waals surface area contributed by atoms with Crippen LogP contribution in [-0.2, 0) is 18.0 Å². The molecule has 1 N–H and O–H groups in total. The first-order valence-electron chi connectivity index (χ1n) is 5.84. The minimum atomic E-state index is -4.38. The highest BCUT2D eigenvalue weighted by atomic mass is 32.9. The fraction of sp³-hybridized carbons (Fsp3) is 0.0769. The second kappa shape index (κ2) is 6.50. The molecule has 0 aromatic heterocycles. The third-order valence-electron chi connectivity index (χ3n) is 2.47. The smallest absolute Gasteiger partial charge is 0.416 e. The van der Waals surface area contributed by atoms with Crippen molar-refractivity contribution in [3.63, 3.8) is 0 Å². The maximum Gasteiger partial charge on any atom is 0.416 e. The summed E-state index contributed by atoms with van der Waals surface area (Å²) in [5, 5.41) is 0. The molecule has 1 atom stereocenters. The lowest BCUT2D eigenvalue weighted by molar-refractivity contribution is -0.137. The number of alkyl halides is 3. The second-order valence-corrected chi connectivity index (χ2v) is 9.26. The van der Waals surface area contributed by atoms with E-state index in [2.05, 4.69) is 24.1 Å². The molecule has 0 heterocycles. The van der Waals surface area contributed by atoms with E-state index in [0.29, 0.717) is 11.5 Å². The van der Waals surface area contributed by atoms with Gasteiger partial charge in [-0.2, -0.15) is 13.2 Å². The third-order valence-corrected chi connectivity index (χ3v) is 3.38. The van der Waals surface area contributed by atoms with Crippen molar-refractivity contribution in [3.05, 3.63) is 54.1 Å². The zero-order valence-electron chi connectivity index (χ0n) is 10.8. The molecule has 2 rings (SSSR count). The zero-order valence-corrected chi connectivity index (χ0v) is 13.4. The van der Waals surface area contributed by atoms with Crippen LogP contribution in [0.2, 0.25) is 0 Å². The molecule has 1 unspecified atom stereocenters. The van der Waals surface area contributed by atoms with E-state index in [1.807, 2.05) is 0 Å². The average Bonchev–Trinajstić information content (AvgIpc) is 2.39. The summed E-state index contributed by atoms with van der Waals surface area (Å²) in [5.41, 5.74) is -3.85. The van der Waals surface area contributed by atoms with E-state index in [1.165, 1.54) is 36.4 Å². The van der Waals surface area contributed by atoms with Gasteiger partial charge in [0.2, 0.25) is 0 Å². The van der Waals surface area contributed by atoms with E-state index in [4.69, 9.17) is 9.26 Å². The van der Waals surface area contributed by atoms with Crippen molar-refractivity contribution in [1.82, 2.24) is 0 Å². The Morgan fingerprint density at radius 1 is 0.909 bits per heavy atom. The van der Waals surface area contributed by atoms with Gasteiger partial charge in [0.1, 0.15) is 17.2 Å². The fourth-order valence-electron chi connectivity index (χ4n) is 1.55.